The fourth-order valence-electron chi connectivity index (χ4n) is 5.35. The van der Waals surface area contributed by atoms with Crippen LogP contribution in [0.2, 0.25) is 0 Å². The summed E-state index contributed by atoms with van der Waals surface area (Å²) in [6.45, 7) is 10.4. The number of aliphatic imine (C=N–C) groups is 1. The third kappa shape index (κ3) is 5.14. The fraction of sp³-hybridized carbons (Fsp3) is 0.864. The molecule has 8 heteroatoms. The van der Waals surface area contributed by atoms with Crippen molar-refractivity contribution in [1.82, 2.24) is 35.2 Å². The van der Waals surface area contributed by atoms with Crippen molar-refractivity contribution in [2.24, 2.45) is 12.0 Å². The summed E-state index contributed by atoms with van der Waals surface area (Å²) in [7, 11) is 2.01. The molecule has 0 aromatic carbocycles. The Morgan fingerprint density at radius 3 is 2.67 bits per heavy atom. The van der Waals surface area contributed by atoms with Crippen LogP contribution in [0, 0.1) is 6.92 Å². The molecule has 0 bridgehead atoms. The molecule has 2 aliphatic heterocycles. The van der Waals surface area contributed by atoms with Crippen molar-refractivity contribution in [2.45, 2.75) is 83.5 Å². The smallest absolute Gasteiger partial charge is 0.192 e. The maximum absolute atomic E-state index is 4.90. The van der Waals surface area contributed by atoms with E-state index in [2.05, 4.69) is 37.6 Å². The maximum atomic E-state index is 4.90. The van der Waals surface area contributed by atoms with Crippen LogP contribution in [0.25, 0.3) is 0 Å². The second-order valence-electron chi connectivity index (χ2n) is 9.26. The topological polar surface area (TPSA) is 73.6 Å². The van der Waals surface area contributed by atoms with Gasteiger partial charge in [0, 0.05) is 44.8 Å². The molecule has 1 saturated carbocycles. The molecular formula is C22H40N8. The molecule has 168 valence electrons. The van der Waals surface area contributed by atoms with Gasteiger partial charge in [0.15, 0.2) is 11.8 Å². The summed E-state index contributed by atoms with van der Waals surface area (Å²) in [5, 5.41) is 15.9. The molecule has 1 aromatic heterocycles. The lowest BCUT2D eigenvalue weighted by atomic mass is 10.2. The van der Waals surface area contributed by atoms with E-state index in [9.17, 15) is 0 Å². The van der Waals surface area contributed by atoms with Crippen molar-refractivity contribution in [1.29, 1.82) is 0 Å². The molecule has 30 heavy (non-hydrogen) atoms. The summed E-state index contributed by atoms with van der Waals surface area (Å²) >= 11 is 0. The summed E-state index contributed by atoms with van der Waals surface area (Å²) in [4.78, 5) is 10.2. The molecule has 2 atom stereocenters. The predicted molar refractivity (Wildman–Crippen MR) is 121 cm³/mol. The molecule has 0 spiro atoms. The summed E-state index contributed by atoms with van der Waals surface area (Å²) in [6, 6.07) is 1.89. The standard InChI is InChI=1S/C22H40N8/c1-4-29-12-7-10-20(29)14-23-22(24-15-21-27-26-17(2)28(21)3)25-18-11-13-30(16-18)19-8-5-6-9-19/h18-20H,4-16H2,1-3H3,(H2,23,24,25). The minimum atomic E-state index is 0.476. The van der Waals surface area contributed by atoms with Crippen molar-refractivity contribution in [3.05, 3.63) is 11.6 Å². The largest absolute Gasteiger partial charge is 0.355 e. The number of hydrogen-bond acceptors (Lipinski definition) is 5. The Balaban J connectivity index is 1.37. The van der Waals surface area contributed by atoms with Crippen LogP contribution in [0.3, 0.4) is 0 Å². The fourth-order valence-corrected chi connectivity index (χ4v) is 5.35. The van der Waals surface area contributed by atoms with E-state index in [0.717, 1.165) is 43.3 Å². The number of rotatable bonds is 7. The molecule has 0 radical (unpaired) electrons. The first-order valence-corrected chi connectivity index (χ1v) is 12.0. The number of aryl methyl sites for hydroxylation is 1. The number of likely N-dealkylation sites (N-methyl/N-ethyl adjacent to an activating group) is 1. The first-order chi connectivity index (χ1) is 14.6. The van der Waals surface area contributed by atoms with E-state index in [-0.39, 0.29) is 0 Å². The van der Waals surface area contributed by atoms with Gasteiger partial charge in [-0.2, -0.15) is 0 Å². The second kappa shape index (κ2) is 10.1. The van der Waals surface area contributed by atoms with E-state index in [1.54, 1.807) is 0 Å². The summed E-state index contributed by atoms with van der Waals surface area (Å²) in [5.41, 5.74) is 0. The highest BCUT2D eigenvalue weighted by atomic mass is 15.3. The number of likely N-dealkylation sites (tertiary alicyclic amines) is 2. The van der Waals surface area contributed by atoms with Crippen molar-refractivity contribution in [2.75, 3.05) is 32.7 Å². The second-order valence-corrected chi connectivity index (χ2v) is 9.26. The van der Waals surface area contributed by atoms with Crippen LogP contribution in [0.5, 0.6) is 0 Å². The predicted octanol–water partition coefficient (Wildman–Crippen LogP) is 1.66. The normalized spacial score (nSPS) is 26.7. The van der Waals surface area contributed by atoms with Gasteiger partial charge in [0.05, 0.1) is 0 Å². The molecule has 2 saturated heterocycles. The van der Waals surface area contributed by atoms with Crippen LogP contribution < -0.4 is 10.6 Å². The Bertz CT molecular complexity index is 708. The number of hydrogen-bond donors (Lipinski definition) is 2. The van der Waals surface area contributed by atoms with E-state index in [0.29, 0.717) is 18.6 Å². The van der Waals surface area contributed by atoms with Crippen molar-refractivity contribution >= 4 is 5.96 Å². The molecule has 8 nitrogen and oxygen atoms in total. The lowest BCUT2D eigenvalue weighted by Crippen LogP contribution is -2.49. The lowest BCUT2D eigenvalue weighted by molar-refractivity contribution is 0.242. The van der Waals surface area contributed by atoms with Crippen molar-refractivity contribution in [3.63, 3.8) is 0 Å². The minimum Gasteiger partial charge on any atom is -0.355 e. The molecule has 1 aromatic rings. The van der Waals surface area contributed by atoms with Crippen LogP contribution >= 0.6 is 0 Å². The molecule has 2 unspecified atom stereocenters. The van der Waals surface area contributed by atoms with Gasteiger partial charge in [-0.1, -0.05) is 19.8 Å². The Hall–Kier alpha value is -1.67. The van der Waals surface area contributed by atoms with Gasteiger partial charge in [0.1, 0.15) is 12.4 Å². The van der Waals surface area contributed by atoms with Gasteiger partial charge in [-0.25, -0.2) is 4.99 Å². The minimum absolute atomic E-state index is 0.476. The number of nitrogens with zero attached hydrogens (tertiary/aromatic N) is 6. The van der Waals surface area contributed by atoms with Crippen LogP contribution in [0.4, 0.5) is 0 Å². The summed E-state index contributed by atoms with van der Waals surface area (Å²) in [5.74, 6) is 2.76. The van der Waals surface area contributed by atoms with Crippen LogP contribution in [0.15, 0.2) is 4.99 Å². The van der Waals surface area contributed by atoms with Gasteiger partial charge in [0.25, 0.3) is 0 Å². The molecule has 3 fully saturated rings. The molecule has 1 aliphatic carbocycles. The quantitative estimate of drug-likeness (QED) is 0.520. The number of nitrogens with one attached hydrogen (secondary N) is 2. The zero-order valence-electron chi connectivity index (χ0n) is 19.1. The lowest BCUT2D eigenvalue weighted by Gasteiger charge is -2.26. The highest BCUT2D eigenvalue weighted by Gasteiger charge is 2.30. The van der Waals surface area contributed by atoms with Gasteiger partial charge in [0.2, 0.25) is 0 Å². The third-order valence-electron chi connectivity index (χ3n) is 7.37. The zero-order valence-corrected chi connectivity index (χ0v) is 19.1. The Morgan fingerprint density at radius 1 is 1.10 bits per heavy atom. The van der Waals surface area contributed by atoms with Gasteiger partial charge < -0.3 is 15.2 Å². The third-order valence-corrected chi connectivity index (χ3v) is 7.37. The van der Waals surface area contributed by atoms with Gasteiger partial charge in [-0.05, 0) is 52.1 Å². The van der Waals surface area contributed by atoms with Crippen LogP contribution in [-0.2, 0) is 13.6 Å². The zero-order chi connectivity index (χ0) is 20.9. The Morgan fingerprint density at radius 2 is 1.93 bits per heavy atom. The van der Waals surface area contributed by atoms with E-state index in [4.69, 9.17) is 4.99 Å². The summed E-state index contributed by atoms with van der Waals surface area (Å²) < 4.78 is 2.02. The number of guanidine groups is 1. The first kappa shape index (κ1) is 21.6. The molecule has 3 heterocycles. The van der Waals surface area contributed by atoms with E-state index < -0.39 is 0 Å². The summed E-state index contributed by atoms with van der Waals surface area (Å²) in [6.07, 6.45) is 9.34. The average Bonchev–Trinajstić information content (AvgIpc) is 3.54. The first-order valence-electron chi connectivity index (χ1n) is 12.0. The molecule has 2 N–H and O–H groups in total. The highest BCUT2D eigenvalue weighted by molar-refractivity contribution is 5.80. The van der Waals surface area contributed by atoms with Crippen LogP contribution in [0.1, 0.15) is 63.5 Å². The van der Waals surface area contributed by atoms with Crippen LogP contribution in [-0.4, -0.2) is 81.4 Å². The highest BCUT2D eigenvalue weighted by Crippen LogP contribution is 2.26. The van der Waals surface area contributed by atoms with E-state index in [1.165, 1.54) is 58.0 Å². The van der Waals surface area contributed by atoms with Gasteiger partial charge in [-0.3, -0.25) is 9.80 Å². The van der Waals surface area contributed by atoms with E-state index >= 15 is 0 Å². The molecule has 4 rings (SSSR count). The molecular weight excluding hydrogens is 376 g/mol. The number of aromatic nitrogens is 3. The Kier molecular flexibility index (Phi) is 7.25. The van der Waals surface area contributed by atoms with Gasteiger partial charge in [-0.15, -0.1) is 10.2 Å². The molecule has 3 aliphatic rings. The molecule has 0 amide bonds. The monoisotopic (exact) mass is 416 g/mol. The Labute approximate surface area is 181 Å². The average molecular weight is 417 g/mol. The maximum Gasteiger partial charge on any atom is 0.192 e. The van der Waals surface area contributed by atoms with Crippen molar-refractivity contribution in [3.8, 4) is 0 Å². The van der Waals surface area contributed by atoms with E-state index in [1.807, 2.05) is 18.5 Å². The van der Waals surface area contributed by atoms with Crippen molar-refractivity contribution < 1.29 is 0 Å². The SMILES string of the molecule is CCN1CCCC1CNC(=NCc1nnc(C)n1C)NC1CCN(C2CCCC2)C1. The van der Waals surface area contributed by atoms with Gasteiger partial charge >= 0.3 is 0 Å².